The lowest BCUT2D eigenvalue weighted by molar-refractivity contribution is -0.140. The van der Waals surface area contributed by atoms with Gasteiger partial charge in [0, 0.05) is 13.1 Å². The molecule has 110 valence electrons. The average molecular weight is 285 g/mol. The average Bonchev–Trinajstić information content (AvgIpc) is 2.43. The highest BCUT2D eigenvalue weighted by Gasteiger charge is 2.23. The van der Waals surface area contributed by atoms with E-state index in [9.17, 15) is 18.4 Å². The van der Waals surface area contributed by atoms with Crippen LogP contribution in [-0.2, 0) is 9.53 Å². The van der Waals surface area contributed by atoms with E-state index >= 15 is 0 Å². The van der Waals surface area contributed by atoms with Crippen LogP contribution in [0.25, 0.3) is 0 Å². The van der Waals surface area contributed by atoms with Gasteiger partial charge in [0.15, 0.2) is 0 Å². The first kappa shape index (κ1) is 16.1. The van der Waals surface area contributed by atoms with Crippen LogP contribution in [-0.4, -0.2) is 37.0 Å². The highest BCUT2D eigenvalue weighted by molar-refractivity contribution is 5.95. The molecule has 0 aliphatic rings. The number of ether oxygens (including phenoxy) is 1. The van der Waals surface area contributed by atoms with Crippen LogP contribution >= 0.6 is 0 Å². The van der Waals surface area contributed by atoms with Crippen LogP contribution in [0.1, 0.15) is 29.3 Å². The maximum atomic E-state index is 13.9. The van der Waals surface area contributed by atoms with E-state index in [1.54, 1.807) is 6.92 Å². The molecular formula is C14H17F2NO3. The number of nitrogens with zero attached hydrogens (tertiary/aromatic N) is 1. The third kappa shape index (κ3) is 3.53. The topological polar surface area (TPSA) is 46.6 Å². The molecule has 0 atom stereocenters. The van der Waals surface area contributed by atoms with Crippen LogP contribution in [0.2, 0.25) is 0 Å². The van der Waals surface area contributed by atoms with Gasteiger partial charge in [0.05, 0.1) is 13.5 Å². The molecule has 20 heavy (non-hydrogen) atoms. The zero-order valence-corrected chi connectivity index (χ0v) is 11.7. The van der Waals surface area contributed by atoms with Crippen molar-refractivity contribution >= 4 is 11.9 Å². The van der Waals surface area contributed by atoms with Crippen LogP contribution in [0.15, 0.2) is 12.1 Å². The second kappa shape index (κ2) is 6.98. The van der Waals surface area contributed by atoms with E-state index < -0.39 is 29.1 Å². The Bertz CT molecular complexity index is 517. The second-order valence-corrected chi connectivity index (χ2v) is 4.26. The first-order valence-corrected chi connectivity index (χ1v) is 6.23. The number of methoxy groups -OCH3 is 1. The zero-order valence-electron chi connectivity index (χ0n) is 11.7. The zero-order chi connectivity index (χ0) is 15.3. The molecule has 1 rings (SSSR count). The van der Waals surface area contributed by atoms with Gasteiger partial charge in [-0.25, -0.2) is 8.78 Å². The van der Waals surface area contributed by atoms with Gasteiger partial charge in [0.2, 0.25) is 0 Å². The van der Waals surface area contributed by atoms with Gasteiger partial charge in [0.1, 0.15) is 17.2 Å². The van der Waals surface area contributed by atoms with E-state index in [2.05, 4.69) is 4.74 Å². The lowest BCUT2D eigenvalue weighted by Crippen LogP contribution is -2.34. The van der Waals surface area contributed by atoms with E-state index in [-0.39, 0.29) is 25.1 Å². The highest BCUT2D eigenvalue weighted by atomic mass is 19.1. The van der Waals surface area contributed by atoms with Crippen molar-refractivity contribution in [2.45, 2.75) is 20.3 Å². The molecule has 0 aliphatic carbocycles. The molecule has 6 heteroatoms. The number of esters is 1. The fourth-order valence-corrected chi connectivity index (χ4v) is 1.74. The molecule has 0 bridgehead atoms. The molecule has 0 radical (unpaired) electrons. The molecule has 1 aromatic carbocycles. The summed E-state index contributed by atoms with van der Waals surface area (Å²) in [7, 11) is 1.24. The fraction of sp³-hybridized carbons (Fsp3) is 0.429. The maximum absolute atomic E-state index is 13.9. The van der Waals surface area contributed by atoms with Gasteiger partial charge in [0.25, 0.3) is 5.91 Å². The number of hydrogen-bond donors (Lipinski definition) is 0. The Kier molecular flexibility index (Phi) is 5.61. The number of rotatable bonds is 5. The largest absolute Gasteiger partial charge is 0.469 e. The van der Waals surface area contributed by atoms with Gasteiger partial charge in [-0.15, -0.1) is 0 Å². The molecule has 1 amide bonds. The van der Waals surface area contributed by atoms with Crippen molar-refractivity contribution in [2.75, 3.05) is 20.2 Å². The Morgan fingerprint density at radius 1 is 1.30 bits per heavy atom. The molecule has 4 nitrogen and oxygen atoms in total. The highest BCUT2D eigenvalue weighted by Crippen LogP contribution is 2.18. The predicted molar refractivity (Wildman–Crippen MR) is 69.3 cm³/mol. The Morgan fingerprint density at radius 3 is 2.50 bits per heavy atom. The van der Waals surface area contributed by atoms with Crippen molar-refractivity contribution in [3.8, 4) is 0 Å². The molecule has 0 N–H and O–H groups in total. The molecule has 0 unspecified atom stereocenters. The molecule has 0 saturated carbocycles. The Labute approximate surface area is 116 Å². The van der Waals surface area contributed by atoms with E-state index in [1.165, 1.54) is 25.0 Å². The van der Waals surface area contributed by atoms with Crippen molar-refractivity contribution in [3.63, 3.8) is 0 Å². The Balaban J connectivity index is 2.97. The minimum Gasteiger partial charge on any atom is -0.469 e. The Hall–Kier alpha value is -1.98. The van der Waals surface area contributed by atoms with Gasteiger partial charge >= 0.3 is 5.97 Å². The summed E-state index contributed by atoms with van der Waals surface area (Å²) in [4.78, 5) is 24.4. The molecule has 0 heterocycles. The minimum absolute atomic E-state index is 0.0227. The summed E-state index contributed by atoms with van der Waals surface area (Å²) < 4.78 is 32.0. The smallest absolute Gasteiger partial charge is 0.307 e. The third-order valence-electron chi connectivity index (χ3n) is 2.98. The Morgan fingerprint density at radius 2 is 1.95 bits per heavy atom. The van der Waals surface area contributed by atoms with Crippen molar-refractivity contribution in [3.05, 3.63) is 34.9 Å². The van der Waals surface area contributed by atoms with Crippen molar-refractivity contribution in [1.82, 2.24) is 4.90 Å². The lowest BCUT2D eigenvalue weighted by Gasteiger charge is -2.21. The first-order valence-electron chi connectivity index (χ1n) is 6.23. The van der Waals surface area contributed by atoms with Crippen molar-refractivity contribution < 1.29 is 23.1 Å². The summed E-state index contributed by atoms with van der Waals surface area (Å²) >= 11 is 0. The summed E-state index contributed by atoms with van der Waals surface area (Å²) in [5.74, 6) is -3.03. The normalized spacial score (nSPS) is 10.2. The minimum atomic E-state index is -0.908. The molecule has 0 aliphatic heterocycles. The number of aryl methyl sites for hydroxylation is 1. The van der Waals surface area contributed by atoms with Crippen LogP contribution in [0.4, 0.5) is 8.78 Å². The summed E-state index contributed by atoms with van der Waals surface area (Å²) in [5.41, 5.74) is -0.393. The maximum Gasteiger partial charge on any atom is 0.307 e. The molecule has 1 aromatic rings. The fourth-order valence-electron chi connectivity index (χ4n) is 1.74. The van der Waals surface area contributed by atoms with Crippen molar-refractivity contribution in [1.29, 1.82) is 0 Å². The van der Waals surface area contributed by atoms with E-state index in [0.29, 0.717) is 0 Å². The van der Waals surface area contributed by atoms with Gasteiger partial charge in [-0.2, -0.15) is 0 Å². The predicted octanol–water partition coefficient (Wildman–Crippen LogP) is 2.30. The monoisotopic (exact) mass is 285 g/mol. The first-order chi connectivity index (χ1) is 9.42. The van der Waals surface area contributed by atoms with Gasteiger partial charge in [-0.1, -0.05) is 6.07 Å². The number of benzene rings is 1. The van der Waals surface area contributed by atoms with Crippen LogP contribution in [0.3, 0.4) is 0 Å². The molecule has 0 spiro atoms. The van der Waals surface area contributed by atoms with Gasteiger partial charge < -0.3 is 9.64 Å². The third-order valence-corrected chi connectivity index (χ3v) is 2.98. The molecule has 0 fully saturated rings. The molecule has 0 saturated heterocycles. The summed E-state index contributed by atoms with van der Waals surface area (Å²) in [6.07, 6.45) is -0.0227. The summed E-state index contributed by atoms with van der Waals surface area (Å²) in [6, 6.07) is 2.33. The van der Waals surface area contributed by atoms with E-state index in [1.807, 2.05) is 0 Å². The van der Waals surface area contributed by atoms with Gasteiger partial charge in [-0.05, 0) is 25.5 Å². The van der Waals surface area contributed by atoms with E-state index in [4.69, 9.17) is 0 Å². The standard InChI is InChI=1S/C14H17F2NO3/c1-4-17(8-7-11(18)20-3)14(19)12-10(15)6-5-9(2)13(12)16/h5-6H,4,7-8H2,1-3H3. The summed E-state index contributed by atoms with van der Waals surface area (Å²) in [6.45, 7) is 3.41. The number of carbonyl (C=O) groups is 2. The number of amides is 1. The number of halogens is 2. The van der Waals surface area contributed by atoms with Gasteiger partial charge in [-0.3, -0.25) is 9.59 Å². The second-order valence-electron chi connectivity index (χ2n) is 4.26. The molecular weight excluding hydrogens is 268 g/mol. The SMILES string of the molecule is CCN(CCC(=O)OC)C(=O)c1c(F)ccc(C)c1F. The number of hydrogen-bond acceptors (Lipinski definition) is 3. The van der Waals surface area contributed by atoms with Crippen LogP contribution in [0, 0.1) is 18.6 Å². The quantitative estimate of drug-likeness (QED) is 0.780. The number of carbonyl (C=O) groups excluding carboxylic acids is 2. The summed E-state index contributed by atoms with van der Waals surface area (Å²) in [5, 5.41) is 0. The van der Waals surface area contributed by atoms with Crippen LogP contribution < -0.4 is 0 Å². The molecule has 0 aromatic heterocycles. The van der Waals surface area contributed by atoms with Crippen molar-refractivity contribution in [2.24, 2.45) is 0 Å². The van der Waals surface area contributed by atoms with Crippen LogP contribution in [0.5, 0.6) is 0 Å². The van der Waals surface area contributed by atoms with E-state index in [0.717, 1.165) is 6.07 Å². The lowest BCUT2D eigenvalue weighted by atomic mass is 10.1.